The van der Waals surface area contributed by atoms with Gasteiger partial charge in [-0.15, -0.1) is 0 Å². The Morgan fingerprint density at radius 3 is 2.69 bits per heavy atom. The number of pyridine rings is 1. The first-order chi connectivity index (χ1) is 16.8. The fraction of sp³-hybridized carbons (Fsp3) is 0.292. The Balaban J connectivity index is 1.65. The molecule has 1 atom stereocenters. The van der Waals surface area contributed by atoms with Crippen LogP contribution in [0.2, 0.25) is 0 Å². The number of methoxy groups -OCH3 is 2. The highest BCUT2D eigenvalue weighted by atomic mass is 32.2. The lowest BCUT2D eigenvalue weighted by Gasteiger charge is -2.13. The second kappa shape index (κ2) is 8.73. The molecule has 1 unspecified atom stereocenters. The molecule has 4 heterocycles. The third kappa shape index (κ3) is 4.23. The van der Waals surface area contributed by atoms with E-state index in [1.54, 1.807) is 48.0 Å². The Bertz CT molecular complexity index is 1530. The molecule has 3 aromatic heterocycles. The van der Waals surface area contributed by atoms with Crippen LogP contribution >= 0.6 is 0 Å². The van der Waals surface area contributed by atoms with Gasteiger partial charge >= 0.3 is 0 Å². The number of hydrogen-bond donors (Lipinski definition) is 1. The number of aromatic nitrogens is 3. The lowest BCUT2D eigenvalue weighted by atomic mass is 10.1. The maximum Gasteiger partial charge on any atom is 0.256 e. The first-order valence-electron chi connectivity index (χ1n) is 11.0. The second-order valence-corrected chi connectivity index (χ2v) is 10.6. The summed E-state index contributed by atoms with van der Waals surface area (Å²) < 4.78 is 42.1. The van der Waals surface area contributed by atoms with Gasteiger partial charge in [-0.2, -0.15) is 5.10 Å². The number of carbonyl (C=O) groups is 1. The molecule has 0 radical (unpaired) electrons. The molecule has 4 aromatic rings. The molecule has 10 nitrogen and oxygen atoms in total. The summed E-state index contributed by atoms with van der Waals surface area (Å²) >= 11 is 0. The van der Waals surface area contributed by atoms with Crippen LogP contribution in [0.25, 0.3) is 22.5 Å². The number of sulfone groups is 1. The molecule has 1 fully saturated rings. The standard InChI is InChI=1S/C24H24N4O6S/c1-14-22-17(24(29)26-18-11-16(32-2)6-7-20(18)33-3)12-19(21-5-4-9-34-21)25-23(22)28(27-14)15-8-10-35(30,31)13-15/h4-7,9,11-12,15H,8,10,13H2,1-3H3,(H,26,29). The number of rotatable bonds is 6. The van der Waals surface area contributed by atoms with Crippen LogP contribution in [0.3, 0.4) is 0 Å². The Hall–Kier alpha value is -3.86. The van der Waals surface area contributed by atoms with E-state index in [0.29, 0.717) is 57.4 Å². The minimum absolute atomic E-state index is 0.0155. The number of aryl methyl sites for hydroxylation is 1. The van der Waals surface area contributed by atoms with Crippen LogP contribution in [0.15, 0.2) is 47.1 Å². The molecule has 1 aliphatic heterocycles. The van der Waals surface area contributed by atoms with Gasteiger partial charge in [0.15, 0.2) is 21.2 Å². The number of fused-ring (bicyclic) bond motifs is 1. The van der Waals surface area contributed by atoms with Crippen LogP contribution in [0, 0.1) is 6.92 Å². The van der Waals surface area contributed by atoms with Gasteiger partial charge in [0.05, 0.1) is 60.4 Å². The molecule has 0 saturated carbocycles. The number of anilines is 1. The molecule has 5 rings (SSSR count). The topological polar surface area (TPSA) is 126 Å². The molecule has 1 saturated heterocycles. The number of furan rings is 1. The molecular weight excluding hydrogens is 472 g/mol. The molecule has 182 valence electrons. The van der Waals surface area contributed by atoms with Crippen molar-refractivity contribution in [3.05, 3.63) is 53.9 Å². The van der Waals surface area contributed by atoms with E-state index in [1.165, 1.54) is 20.5 Å². The van der Waals surface area contributed by atoms with E-state index in [0.717, 1.165) is 0 Å². The van der Waals surface area contributed by atoms with E-state index in [9.17, 15) is 13.2 Å². The van der Waals surface area contributed by atoms with Crippen molar-refractivity contribution in [1.82, 2.24) is 14.8 Å². The van der Waals surface area contributed by atoms with Gasteiger partial charge in [-0.3, -0.25) is 4.79 Å². The Morgan fingerprint density at radius 1 is 1.20 bits per heavy atom. The SMILES string of the molecule is COc1ccc(OC)c(NC(=O)c2cc(-c3ccco3)nc3c2c(C)nn3C2CCS(=O)(=O)C2)c1. The lowest BCUT2D eigenvalue weighted by Crippen LogP contribution is -2.15. The van der Waals surface area contributed by atoms with Crippen LogP contribution < -0.4 is 14.8 Å². The van der Waals surface area contributed by atoms with Crippen LogP contribution in [0.4, 0.5) is 5.69 Å². The predicted octanol–water partition coefficient (Wildman–Crippen LogP) is 3.63. The highest BCUT2D eigenvalue weighted by Gasteiger charge is 2.32. The number of amides is 1. The van der Waals surface area contributed by atoms with E-state index >= 15 is 0 Å². The molecule has 0 aliphatic carbocycles. The molecule has 11 heteroatoms. The molecule has 1 aliphatic rings. The van der Waals surface area contributed by atoms with Crippen molar-refractivity contribution in [2.75, 3.05) is 31.0 Å². The van der Waals surface area contributed by atoms with Crippen molar-refractivity contribution < 1.29 is 27.1 Å². The van der Waals surface area contributed by atoms with Gasteiger partial charge in [0.25, 0.3) is 5.91 Å². The normalized spacial score (nSPS) is 16.9. The van der Waals surface area contributed by atoms with Gasteiger partial charge in [0.1, 0.15) is 17.2 Å². The largest absolute Gasteiger partial charge is 0.497 e. The minimum atomic E-state index is -3.15. The zero-order valence-corrected chi connectivity index (χ0v) is 20.3. The first kappa shape index (κ1) is 22.9. The van der Waals surface area contributed by atoms with E-state index in [1.807, 2.05) is 0 Å². The second-order valence-electron chi connectivity index (χ2n) is 8.34. The highest BCUT2D eigenvalue weighted by Crippen LogP contribution is 2.34. The average molecular weight is 497 g/mol. The summed E-state index contributed by atoms with van der Waals surface area (Å²) in [5, 5.41) is 8.05. The zero-order chi connectivity index (χ0) is 24.7. The van der Waals surface area contributed by atoms with Gasteiger partial charge < -0.3 is 19.2 Å². The maximum absolute atomic E-state index is 13.6. The number of nitrogens with one attached hydrogen (secondary N) is 1. The zero-order valence-electron chi connectivity index (χ0n) is 19.4. The van der Waals surface area contributed by atoms with Crippen LogP contribution in [-0.4, -0.2) is 54.8 Å². The summed E-state index contributed by atoms with van der Waals surface area (Å²) in [6.45, 7) is 1.78. The maximum atomic E-state index is 13.6. The summed E-state index contributed by atoms with van der Waals surface area (Å²) in [4.78, 5) is 18.3. The molecule has 1 amide bonds. The Kier molecular flexibility index (Phi) is 5.72. The van der Waals surface area contributed by atoms with Gasteiger partial charge in [-0.05, 0) is 43.7 Å². The summed E-state index contributed by atoms with van der Waals surface area (Å²) in [6, 6.07) is 9.87. The third-order valence-corrected chi connectivity index (χ3v) is 7.81. The molecule has 0 bridgehead atoms. The van der Waals surface area contributed by atoms with Crippen molar-refractivity contribution in [2.45, 2.75) is 19.4 Å². The van der Waals surface area contributed by atoms with Crippen molar-refractivity contribution in [3.63, 3.8) is 0 Å². The summed E-state index contributed by atoms with van der Waals surface area (Å²) in [5.74, 6) is 1.18. The Labute approximate surface area is 201 Å². The van der Waals surface area contributed by atoms with Gasteiger partial charge in [0.2, 0.25) is 0 Å². The van der Waals surface area contributed by atoms with Crippen molar-refractivity contribution >= 4 is 32.5 Å². The number of nitrogens with zero attached hydrogens (tertiary/aromatic N) is 3. The fourth-order valence-electron chi connectivity index (χ4n) is 4.37. The van der Waals surface area contributed by atoms with E-state index in [4.69, 9.17) is 18.9 Å². The minimum Gasteiger partial charge on any atom is -0.497 e. The molecular formula is C24H24N4O6S. The number of ether oxygens (including phenoxy) is 2. The number of benzene rings is 1. The third-order valence-electron chi connectivity index (χ3n) is 6.06. The lowest BCUT2D eigenvalue weighted by molar-refractivity contribution is 0.102. The fourth-order valence-corrected chi connectivity index (χ4v) is 6.06. The molecule has 1 N–H and O–H groups in total. The quantitative estimate of drug-likeness (QED) is 0.429. The van der Waals surface area contributed by atoms with Crippen molar-refractivity contribution in [3.8, 4) is 23.0 Å². The van der Waals surface area contributed by atoms with Crippen LogP contribution in [-0.2, 0) is 9.84 Å². The molecule has 1 aromatic carbocycles. The molecule has 35 heavy (non-hydrogen) atoms. The number of carbonyl (C=O) groups excluding carboxylic acids is 1. The summed E-state index contributed by atoms with van der Waals surface area (Å²) in [6.07, 6.45) is 1.96. The number of hydrogen-bond acceptors (Lipinski definition) is 8. The van der Waals surface area contributed by atoms with Gasteiger partial charge in [0, 0.05) is 6.07 Å². The predicted molar refractivity (Wildman–Crippen MR) is 130 cm³/mol. The van der Waals surface area contributed by atoms with Crippen LogP contribution in [0.5, 0.6) is 11.5 Å². The van der Waals surface area contributed by atoms with Crippen LogP contribution in [0.1, 0.15) is 28.5 Å². The first-order valence-corrected chi connectivity index (χ1v) is 12.8. The van der Waals surface area contributed by atoms with E-state index < -0.39 is 15.7 Å². The van der Waals surface area contributed by atoms with Crippen molar-refractivity contribution in [1.29, 1.82) is 0 Å². The van der Waals surface area contributed by atoms with Gasteiger partial charge in [-0.1, -0.05) is 0 Å². The monoisotopic (exact) mass is 496 g/mol. The van der Waals surface area contributed by atoms with E-state index in [-0.39, 0.29) is 17.5 Å². The summed E-state index contributed by atoms with van der Waals surface area (Å²) in [5.41, 5.74) is 2.21. The Morgan fingerprint density at radius 2 is 2.03 bits per heavy atom. The highest BCUT2D eigenvalue weighted by molar-refractivity contribution is 7.91. The molecule has 0 spiro atoms. The van der Waals surface area contributed by atoms with Crippen molar-refractivity contribution in [2.24, 2.45) is 0 Å². The van der Waals surface area contributed by atoms with E-state index in [2.05, 4.69) is 10.4 Å². The smallest absolute Gasteiger partial charge is 0.256 e. The summed E-state index contributed by atoms with van der Waals surface area (Å²) in [7, 11) is -0.0970. The average Bonchev–Trinajstić information content (AvgIpc) is 3.57. The van der Waals surface area contributed by atoms with Gasteiger partial charge in [-0.25, -0.2) is 18.1 Å².